The van der Waals surface area contributed by atoms with Crippen molar-refractivity contribution in [3.05, 3.63) is 158 Å². The van der Waals surface area contributed by atoms with Crippen molar-refractivity contribution < 1.29 is 42.1 Å². The van der Waals surface area contributed by atoms with Gasteiger partial charge in [0.25, 0.3) is 0 Å². The normalized spacial score (nSPS) is 16.3. The Hall–Kier alpha value is -3.99. The summed E-state index contributed by atoms with van der Waals surface area (Å²) >= 11 is 0. The van der Waals surface area contributed by atoms with Crippen molar-refractivity contribution in [1.82, 2.24) is 19.8 Å². The van der Waals surface area contributed by atoms with E-state index in [1.165, 1.54) is 28.5 Å². The van der Waals surface area contributed by atoms with E-state index in [9.17, 15) is 0 Å². The number of fused-ring (bicyclic) bond motifs is 1. The van der Waals surface area contributed by atoms with Crippen LogP contribution in [0.4, 0.5) is 17.1 Å². The number of para-hydroxylation sites is 3. The topological polar surface area (TPSA) is 66.4 Å². The molecular formula is C36H34N8Pt2-6. The molecule has 10 heteroatoms. The van der Waals surface area contributed by atoms with Crippen molar-refractivity contribution in [3.8, 4) is 0 Å². The predicted octanol–water partition coefficient (Wildman–Crippen LogP) is 6.66. The average molecular weight is 969 g/mol. The van der Waals surface area contributed by atoms with Gasteiger partial charge in [0.2, 0.25) is 0 Å². The summed E-state index contributed by atoms with van der Waals surface area (Å²) in [5.41, 5.74) is 7.24. The van der Waals surface area contributed by atoms with Crippen LogP contribution in [0.1, 0.15) is 12.8 Å². The molecule has 0 amide bonds. The monoisotopic (exact) mass is 968 g/mol. The Labute approximate surface area is 301 Å². The Morgan fingerprint density at radius 2 is 1.65 bits per heavy atom. The van der Waals surface area contributed by atoms with Crippen LogP contribution in [-0.2, 0) is 42.1 Å². The minimum atomic E-state index is 0. The van der Waals surface area contributed by atoms with Crippen LogP contribution in [0.3, 0.4) is 0 Å². The van der Waals surface area contributed by atoms with Gasteiger partial charge in [0.15, 0.2) is 0 Å². The molecule has 0 unspecified atom stereocenters. The minimum absolute atomic E-state index is 0. The first-order valence-electron chi connectivity index (χ1n) is 14.3. The number of anilines is 3. The molecule has 2 aromatic carbocycles. The third kappa shape index (κ3) is 10.0. The number of allylic oxidation sites excluding steroid dienone is 9. The van der Waals surface area contributed by atoms with Crippen LogP contribution in [-0.4, -0.2) is 53.0 Å². The molecule has 244 valence electrons. The number of aromatic amines is 1. The molecule has 0 fully saturated rings. The van der Waals surface area contributed by atoms with Gasteiger partial charge in [0.05, 0.1) is 0 Å². The zero-order valence-electron chi connectivity index (χ0n) is 25.5. The summed E-state index contributed by atoms with van der Waals surface area (Å²) in [6.45, 7) is 4.94. The van der Waals surface area contributed by atoms with Gasteiger partial charge in [-0.15, -0.1) is 30.4 Å². The average Bonchev–Trinajstić information content (AvgIpc) is 3.87. The number of hydrogen-bond donors (Lipinski definition) is 1. The fourth-order valence-electron chi connectivity index (χ4n) is 4.70. The number of nitrogens with zero attached hydrogens (tertiary/aromatic N) is 7. The Bertz CT molecular complexity index is 1560. The van der Waals surface area contributed by atoms with Crippen LogP contribution < -0.4 is 9.80 Å². The molecule has 46 heavy (non-hydrogen) atoms. The van der Waals surface area contributed by atoms with Crippen LogP contribution in [0.15, 0.2) is 137 Å². The minimum Gasteiger partial charge on any atom is -0.504 e. The third-order valence-electron chi connectivity index (χ3n) is 6.74. The van der Waals surface area contributed by atoms with E-state index in [2.05, 4.69) is 159 Å². The molecule has 4 heterocycles. The molecule has 3 aromatic rings. The van der Waals surface area contributed by atoms with E-state index in [-0.39, 0.29) is 42.1 Å². The van der Waals surface area contributed by atoms with E-state index < -0.39 is 0 Å². The molecule has 5 aliphatic rings. The number of benzene rings is 2. The summed E-state index contributed by atoms with van der Waals surface area (Å²) in [6, 6.07) is 19.6. The number of hydrogen-bond acceptors (Lipinski definition) is 7. The van der Waals surface area contributed by atoms with Crippen molar-refractivity contribution >= 4 is 29.6 Å². The fraction of sp³-hybridized carbons (Fsp3) is 0.139. The second-order valence-electron chi connectivity index (χ2n) is 9.78. The second-order valence-corrected chi connectivity index (χ2v) is 9.78. The number of rotatable bonds is 2. The summed E-state index contributed by atoms with van der Waals surface area (Å²) in [5.74, 6) is 0. The van der Waals surface area contributed by atoms with E-state index >= 15 is 0 Å². The summed E-state index contributed by atoms with van der Waals surface area (Å²) in [5, 5.41) is 0. The number of H-pyrrole nitrogens is 1. The molecule has 8 nitrogen and oxygen atoms in total. The van der Waals surface area contributed by atoms with Gasteiger partial charge in [-0.1, -0.05) is 43.1 Å². The summed E-state index contributed by atoms with van der Waals surface area (Å²) in [6.07, 6.45) is 32.1. The Kier molecular flexibility index (Phi) is 15.5. The van der Waals surface area contributed by atoms with Crippen LogP contribution in [0.5, 0.6) is 0 Å². The Balaban J connectivity index is 0.000000187. The van der Waals surface area contributed by atoms with Crippen LogP contribution >= 0.6 is 0 Å². The Morgan fingerprint density at radius 3 is 2.30 bits per heavy atom. The van der Waals surface area contributed by atoms with Crippen molar-refractivity contribution in [1.29, 1.82) is 0 Å². The first kappa shape index (κ1) is 36.5. The quantitative estimate of drug-likeness (QED) is 0.292. The molecule has 0 spiro atoms. The molecule has 3 aliphatic heterocycles. The molecule has 1 N–H and O–H groups in total. The van der Waals surface area contributed by atoms with Gasteiger partial charge in [0, 0.05) is 64.9 Å². The van der Waals surface area contributed by atoms with E-state index in [1.807, 2.05) is 30.4 Å². The summed E-state index contributed by atoms with van der Waals surface area (Å²) in [7, 11) is 4.15. The van der Waals surface area contributed by atoms with Gasteiger partial charge < -0.3 is 39.6 Å². The van der Waals surface area contributed by atoms with Gasteiger partial charge in [-0.3, -0.25) is 6.08 Å². The zero-order valence-corrected chi connectivity index (χ0v) is 30.1. The molecule has 0 saturated heterocycles. The second kappa shape index (κ2) is 19.5. The predicted molar refractivity (Wildman–Crippen MR) is 178 cm³/mol. The molecule has 2 aliphatic carbocycles. The van der Waals surface area contributed by atoms with Gasteiger partial charge in [-0.25, -0.2) is 12.2 Å². The smallest absolute Gasteiger partial charge is 0.0335 e. The van der Waals surface area contributed by atoms with Crippen LogP contribution in [0.25, 0.3) is 0 Å². The van der Waals surface area contributed by atoms with E-state index in [4.69, 9.17) is 0 Å². The van der Waals surface area contributed by atoms with Crippen molar-refractivity contribution in [2.45, 2.75) is 12.8 Å². The third-order valence-corrected chi connectivity index (χ3v) is 6.74. The number of nitrogens with one attached hydrogen (secondary N) is 1. The Morgan fingerprint density at radius 1 is 0.870 bits per heavy atom. The number of aromatic nitrogens is 2. The maximum absolute atomic E-state index is 3.61. The number of likely N-dealkylation sites (N-methyl/N-ethyl adjacent to an activating group) is 1. The molecular weight excluding hydrogens is 935 g/mol. The maximum atomic E-state index is 3.61. The standard InChI is InChI=1S/C16H16N2.C14H12N2.2C3H3N2.2Pt/c1-17-13-18(14-9-5-2-3-6-10-14)16-12-8-4-7-11-15(16)17;1-15-11-16(12-7-3-2-4-8-12)14-10-6-5-9-13(14)15;2*1-2-5-3-4-1;;/h2-3,5,7-9,11-13H,4,10H2,1H3;2-7,9-11H,1H3;1H,2H2;1-2H,(H,4,5);;/q2*-2;2*-1;;. The van der Waals surface area contributed by atoms with Gasteiger partial charge >= 0.3 is 0 Å². The molecule has 0 saturated carbocycles. The summed E-state index contributed by atoms with van der Waals surface area (Å²) < 4.78 is 0. The maximum Gasteiger partial charge on any atom is 0.0335 e. The van der Waals surface area contributed by atoms with E-state index in [0.29, 0.717) is 0 Å². The van der Waals surface area contributed by atoms with Gasteiger partial charge in [-0.05, 0) is 63.4 Å². The molecule has 8 rings (SSSR count). The molecule has 0 radical (unpaired) electrons. The van der Waals surface area contributed by atoms with E-state index in [1.54, 1.807) is 18.6 Å². The SMILES string of the molecule is CN1[CH-]N(C2=CC=CC=[C-]C2)C2=C1C=CCC=C2.CN1[CH-]N(c2[c-]cccc2)c2ccccc21.[C-]1=NCC=N1.[Pt].[Pt].[c-]1ncc[nH]1. The number of aliphatic imine (C=N–C) groups is 2. The zero-order chi connectivity index (χ0) is 30.4. The van der Waals surface area contributed by atoms with Crippen LogP contribution in [0, 0.1) is 31.8 Å². The van der Waals surface area contributed by atoms with Gasteiger partial charge in [0.1, 0.15) is 0 Å². The van der Waals surface area contributed by atoms with E-state index in [0.717, 1.165) is 25.1 Å². The van der Waals surface area contributed by atoms with Crippen molar-refractivity contribution in [2.75, 3.05) is 30.4 Å². The molecule has 0 atom stereocenters. The number of imidazole rings is 1. The first-order chi connectivity index (χ1) is 21.7. The molecule has 0 bridgehead atoms. The van der Waals surface area contributed by atoms with Crippen molar-refractivity contribution in [2.24, 2.45) is 9.98 Å². The fourth-order valence-corrected chi connectivity index (χ4v) is 4.70. The first-order valence-corrected chi connectivity index (χ1v) is 14.3. The summed E-state index contributed by atoms with van der Waals surface area (Å²) in [4.78, 5) is 22.0. The van der Waals surface area contributed by atoms with Gasteiger partial charge in [-0.2, -0.15) is 43.7 Å². The molecule has 1 aromatic heterocycles. The van der Waals surface area contributed by atoms with Crippen LogP contribution in [0.2, 0.25) is 0 Å². The largest absolute Gasteiger partial charge is 0.504 e. The van der Waals surface area contributed by atoms with Crippen molar-refractivity contribution in [3.63, 3.8) is 0 Å².